The molecular formula is C27H30N6O5S. The van der Waals surface area contributed by atoms with Gasteiger partial charge in [0.25, 0.3) is 10.0 Å². The first-order valence-corrected chi connectivity index (χ1v) is 13.6. The van der Waals surface area contributed by atoms with Crippen molar-refractivity contribution in [2.75, 3.05) is 35.7 Å². The smallest absolute Gasteiger partial charge is 0.263 e. The van der Waals surface area contributed by atoms with Crippen molar-refractivity contribution < 1.29 is 22.7 Å². The molecule has 0 saturated heterocycles. The summed E-state index contributed by atoms with van der Waals surface area (Å²) in [5, 5.41) is 3.13. The number of amides is 1. The molecule has 4 rings (SSSR count). The molecule has 1 aromatic heterocycles. The number of nitrogens with one attached hydrogen (secondary N) is 2. The van der Waals surface area contributed by atoms with E-state index in [1.165, 1.54) is 31.3 Å². The number of anilines is 4. The summed E-state index contributed by atoms with van der Waals surface area (Å²) in [5.74, 6) is 0.899. The fraction of sp³-hybridized carbons (Fsp3) is 0.222. The van der Waals surface area contributed by atoms with Gasteiger partial charge in [-0.25, -0.2) is 18.4 Å². The van der Waals surface area contributed by atoms with Gasteiger partial charge in [-0.3, -0.25) is 9.52 Å². The second kappa shape index (κ2) is 11.5. The topological polar surface area (TPSA) is 149 Å². The monoisotopic (exact) mass is 550 g/mol. The first kappa shape index (κ1) is 27.6. The van der Waals surface area contributed by atoms with Gasteiger partial charge in [0, 0.05) is 35.6 Å². The fourth-order valence-electron chi connectivity index (χ4n) is 3.99. The van der Waals surface area contributed by atoms with Crippen molar-refractivity contribution in [3.63, 3.8) is 0 Å². The van der Waals surface area contributed by atoms with E-state index in [2.05, 4.69) is 20.0 Å². The van der Waals surface area contributed by atoms with Gasteiger partial charge in [-0.1, -0.05) is 18.2 Å². The maximum Gasteiger partial charge on any atom is 0.263 e. The number of benzene rings is 3. The summed E-state index contributed by atoms with van der Waals surface area (Å²) in [5.41, 5.74) is 7.60. The molecule has 0 aliphatic carbocycles. The van der Waals surface area contributed by atoms with Crippen molar-refractivity contribution in [3.8, 4) is 11.5 Å². The maximum absolute atomic E-state index is 13.6. The number of aromatic nitrogens is 2. The summed E-state index contributed by atoms with van der Waals surface area (Å²) in [6, 6.07) is 18.1. The van der Waals surface area contributed by atoms with Crippen molar-refractivity contribution >= 4 is 50.0 Å². The molecule has 4 aromatic rings. The van der Waals surface area contributed by atoms with Crippen LogP contribution in [-0.4, -0.2) is 51.1 Å². The standard InChI is InChI=1S/C27H30N6O5S/c1-17(2)33(25(34)16-28)19-8-7-9-22(14-19)39(35,36)32-27-26(30-23-10-5-6-11-24(23)31-27)29-18-12-20(37-3)15-21(13-18)38-4/h5-15,17H,16,28H2,1-4H3,(H,29,30)(H,31,32). The van der Waals surface area contributed by atoms with E-state index in [1.54, 1.807) is 48.5 Å². The van der Waals surface area contributed by atoms with Crippen LogP contribution in [-0.2, 0) is 14.8 Å². The quantitative estimate of drug-likeness (QED) is 0.267. The lowest BCUT2D eigenvalue weighted by atomic mass is 10.2. The number of carbonyl (C=O) groups excluding carboxylic acids is 1. The first-order valence-electron chi connectivity index (χ1n) is 12.1. The average molecular weight is 551 g/mol. The van der Waals surface area contributed by atoms with E-state index in [0.29, 0.717) is 33.9 Å². The largest absolute Gasteiger partial charge is 0.497 e. The van der Waals surface area contributed by atoms with E-state index in [4.69, 9.17) is 15.2 Å². The molecule has 0 aliphatic heterocycles. The van der Waals surface area contributed by atoms with Gasteiger partial charge in [0.2, 0.25) is 5.91 Å². The molecule has 0 radical (unpaired) electrons. The first-order chi connectivity index (χ1) is 18.6. The Morgan fingerprint density at radius 3 is 2.10 bits per heavy atom. The molecule has 204 valence electrons. The van der Waals surface area contributed by atoms with Crippen LogP contribution < -0.4 is 30.1 Å². The van der Waals surface area contributed by atoms with Gasteiger partial charge < -0.3 is 25.4 Å². The lowest BCUT2D eigenvalue weighted by molar-refractivity contribution is -0.117. The Labute approximate surface area is 227 Å². The number of nitrogens with two attached hydrogens (primary N) is 1. The van der Waals surface area contributed by atoms with Crippen LogP contribution in [0.1, 0.15) is 13.8 Å². The van der Waals surface area contributed by atoms with Crippen molar-refractivity contribution in [3.05, 3.63) is 66.7 Å². The van der Waals surface area contributed by atoms with Gasteiger partial charge >= 0.3 is 0 Å². The minimum Gasteiger partial charge on any atom is -0.497 e. The molecule has 3 aromatic carbocycles. The highest BCUT2D eigenvalue weighted by Gasteiger charge is 2.23. The summed E-state index contributed by atoms with van der Waals surface area (Å²) >= 11 is 0. The van der Waals surface area contributed by atoms with Crippen molar-refractivity contribution in [2.45, 2.75) is 24.8 Å². The summed E-state index contributed by atoms with van der Waals surface area (Å²) in [6.07, 6.45) is 0. The minimum atomic E-state index is -4.15. The Hall–Kier alpha value is -4.42. The molecule has 4 N–H and O–H groups in total. The van der Waals surface area contributed by atoms with Crippen LogP contribution in [0.4, 0.5) is 23.0 Å². The lowest BCUT2D eigenvalue weighted by Gasteiger charge is -2.26. The molecular weight excluding hydrogens is 520 g/mol. The third-order valence-electron chi connectivity index (χ3n) is 5.78. The zero-order valence-electron chi connectivity index (χ0n) is 22.0. The van der Waals surface area contributed by atoms with Crippen LogP contribution in [0.15, 0.2) is 71.6 Å². The number of methoxy groups -OCH3 is 2. The van der Waals surface area contributed by atoms with Crippen LogP contribution in [0.5, 0.6) is 11.5 Å². The van der Waals surface area contributed by atoms with E-state index in [9.17, 15) is 13.2 Å². The molecule has 0 unspecified atom stereocenters. The average Bonchev–Trinajstić information content (AvgIpc) is 2.92. The molecule has 39 heavy (non-hydrogen) atoms. The second-order valence-corrected chi connectivity index (χ2v) is 10.5. The molecule has 0 fully saturated rings. The van der Waals surface area contributed by atoms with Gasteiger partial charge in [-0.2, -0.15) is 0 Å². The van der Waals surface area contributed by atoms with Crippen LogP contribution in [0, 0.1) is 0 Å². The third kappa shape index (κ3) is 6.19. The normalized spacial score (nSPS) is 11.3. The van der Waals surface area contributed by atoms with Crippen molar-refractivity contribution in [1.82, 2.24) is 9.97 Å². The molecule has 0 atom stereocenters. The number of fused-ring (bicyclic) bond motifs is 1. The zero-order valence-corrected chi connectivity index (χ0v) is 22.8. The fourth-order valence-corrected chi connectivity index (χ4v) is 5.04. The molecule has 0 bridgehead atoms. The number of ether oxygens (including phenoxy) is 2. The highest BCUT2D eigenvalue weighted by molar-refractivity contribution is 7.92. The molecule has 1 heterocycles. The highest BCUT2D eigenvalue weighted by atomic mass is 32.2. The Morgan fingerprint density at radius 2 is 1.54 bits per heavy atom. The molecule has 0 spiro atoms. The highest BCUT2D eigenvalue weighted by Crippen LogP contribution is 2.32. The number of hydrogen-bond donors (Lipinski definition) is 3. The number of para-hydroxylation sites is 2. The van der Waals surface area contributed by atoms with Gasteiger partial charge in [-0.15, -0.1) is 0 Å². The van der Waals surface area contributed by atoms with E-state index < -0.39 is 10.0 Å². The summed E-state index contributed by atoms with van der Waals surface area (Å²) in [4.78, 5) is 23.0. The zero-order chi connectivity index (χ0) is 28.2. The van der Waals surface area contributed by atoms with E-state index in [-0.39, 0.29) is 35.0 Å². The van der Waals surface area contributed by atoms with Crippen LogP contribution in [0.2, 0.25) is 0 Å². The molecule has 0 saturated carbocycles. The number of sulfonamides is 1. The number of carbonyl (C=O) groups is 1. The van der Waals surface area contributed by atoms with E-state index >= 15 is 0 Å². The summed E-state index contributed by atoms with van der Waals surface area (Å²) in [7, 11) is -1.08. The van der Waals surface area contributed by atoms with Gasteiger partial charge in [0.15, 0.2) is 11.6 Å². The predicted molar refractivity (Wildman–Crippen MR) is 151 cm³/mol. The summed E-state index contributed by atoms with van der Waals surface area (Å²) in [6.45, 7) is 3.44. The van der Waals surface area contributed by atoms with Gasteiger partial charge in [-0.05, 0) is 44.2 Å². The van der Waals surface area contributed by atoms with Crippen molar-refractivity contribution in [1.29, 1.82) is 0 Å². The SMILES string of the molecule is COc1cc(Nc2nc3ccccc3nc2NS(=O)(=O)c2cccc(N(C(=O)CN)C(C)C)c2)cc(OC)c1. The maximum atomic E-state index is 13.6. The molecule has 1 amide bonds. The van der Waals surface area contributed by atoms with Crippen molar-refractivity contribution in [2.24, 2.45) is 5.73 Å². The van der Waals surface area contributed by atoms with E-state index in [0.717, 1.165) is 0 Å². The molecule has 0 aliphatic rings. The number of rotatable bonds is 10. The Balaban J connectivity index is 1.76. The molecule has 11 nitrogen and oxygen atoms in total. The van der Waals surface area contributed by atoms with Crippen LogP contribution in [0.3, 0.4) is 0 Å². The van der Waals surface area contributed by atoms with Gasteiger partial charge in [0.05, 0.1) is 36.7 Å². The lowest BCUT2D eigenvalue weighted by Crippen LogP contribution is -2.41. The summed E-state index contributed by atoms with van der Waals surface area (Å²) < 4.78 is 40.3. The predicted octanol–water partition coefficient (Wildman–Crippen LogP) is 3.89. The Kier molecular flexibility index (Phi) is 8.17. The number of hydrogen-bond acceptors (Lipinski definition) is 9. The van der Waals surface area contributed by atoms with Crippen LogP contribution in [0.25, 0.3) is 11.0 Å². The molecule has 12 heteroatoms. The van der Waals surface area contributed by atoms with E-state index in [1.807, 2.05) is 19.9 Å². The third-order valence-corrected chi connectivity index (χ3v) is 7.12. The Bertz CT molecular complexity index is 1590. The minimum absolute atomic E-state index is 0.0142. The van der Waals surface area contributed by atoms with Crippen LogP contribution >= 0.6 is 0 Å². The number of nitrogens with zero attached hydrogens (tertiary/aromatic N) is 3. The van der Waals surface area contributed by atoms with Gasteiger partial charge in [0.1, 0.15) is 11.5 Å². The second-order valence-electron chi connectivity index (χ2n) is 8.80. The Morgan fingerprint density at radius 1 is 0.923 bits per heavy atom.